The Balaban J connectivity index is 1.47. The number of rotatable bonds is 7. The number of aromatic amines is 1. The normalized spacial score (nSPS) is 17.8. The van der Waals surface area contributed by atoms with Crippen LogP contribution in [-0.4, -0.2) is 73.7 Å². The number of methoxy groups -OCH3 is 2. The maximum absolute atomic E-state index is 13.8. The second-order valence-electron chi connectivity index (χ2n) is 9.06. The molecular weight excluding hydrogens is 467 g/mol. The molecule has 9 nitrogen and oxygen atoms in total. The average molecular weight is 499 g/mol. The van der Waals surface area contributed by atoms with Crippen LogP contribution in [0.15, 0.2) is 18.2 Å². The van der Waals surface area contributed by atoms with Crippen LogP contribution in [0.3, 0.4) is 0 Å². The smallest absolute Gasteiger partial charge is 0.256 e. The molecule has 1 aromatic heterocycles. The zero-order valence-electron chi connectivity index (χ0n) is 20.9. The van der Waals surface area contributed by atoms with Crippen LogP contribution in [-0.2, 0) is 19.1 Å². The van der Waals surface area contributed by atoms with Crippen molar-refractivity contribution in [1.82, 2.24) is 15.2 Å². The molecule has 0 bridgehead atoms. The molecule has 1 aromatic carbocycles. The SMILES string of the molecule is COC1CCN(C(=O)C(CNC(=O)c2c(C)[nH]c(/C=C3\C(=O)Nc4ccc(F)cc43)c2C)OC)CC1. The number of aryl methyl sites for hydroxylation is 1. The molecule has 1 fully saturated rings. The van der Waals surface area contributed by atoms with E-state index in [9.17, 15) is 18.8 Å². The Labute approximate surface area is 209 Å². The molecule has 0 spiro atoms. The predicted octanol–water partition coefficient (Wildman–Crippen LogP) is 2.65. The Bertz CT molecular complexity index is 1210. The second-order valence-corrected chi connectivity index (χ2v) is 9.06. The van der Waals surface area contributed by atoms with E-state index in [1.165, 1.54) is 25.3 Å². The highest BCUT2D eigenvalue weighted by molar-refractivity contribution is 6.34. The molecular formula is C26H31FN4O5. The molecule has 2 aromatic rings. The van der Waals surface area contributed by atoms with Gasteiger partial charge in [-0.25, -0.2) is 4.39 Å². The Morgan fingerprint density at radius 1 is 1.25 bits per heavy atom. The lowest BCUT2D eigenvalue weighted by Crippen LogP contribution is -2.49. The third-order valence-corrected chi connectivity index (χ3v) is 6.85. The summed E-state index contributed by atoms with van der Waals surface area (Å²) in [5, 5.41) is 5.52. The summed E-state index contributed by atoms with van der Waals surface area (Å²) >= 11 is 0. The number of piperidine rings is 1. The van der Waals surface area contributed by atoms with Gasteiger partial charge in [0.05, 0.1) is 23.8 Å². The molecule has 36 heavy (non-hydrogen) atoms. The first-order valence-corrected chi connectivity index (χ1v) is 11.9. The van der Waals surface area contributed by atoms with Crippen LogP contribution in [0.25, 0.3) is 11.6 Å². The summed E-state index contributed by atoms with van der Waals surface area (Å²) in [6.45, 7) is 4.71. The van der Waals surface area contributed by atoms with Crippen molar-refractivity contribution in [2.75, 3.05) is 39.2 Å². The number of anilines is 1. The van der Waals surface area contributed by atoms with Crippen molar-refractivity contribution in [3.63, 3.8) is 0 Å². The number of H-pyrrole nitrogens is 1. The Hall–Kier alpha value is -3.50. The molecule has 3 heterocycles. The summed E-state index contributed by atoms with van der Waals surface area (Å²) in [5.74, 6) is -1.32. The summed E-state index contributed by atoms with van der Waals surface area (Å²) in [6.07, 6.45) is 2.50. The molecule has 0 saturated carbocycles. The maximum atomic E-state index is 13.8. The van der Waals surface area contributed by atoms with Crippen molar-refractivity contribution >= 4 is 35.1 Å². The Morgan fingerprint density at radius 2 is 1.97 bits per heavy atom. The predicted molar refractivity (Wildman–Crippen MR) is 133 cm³/mol. The van der Waals surface area contributed by atoms with Gasteiger partial charge >= 0.3 is 0 Å². The molecule has 1 atom stereocenters. The summed E-state index contributed by atoms with van der Waals surface area (Å²) in [5.41, 5.74) is 3.54. The molecule has 0 aliphatic carbocycles. The van der Waals surface area contributed by atoms with E-state index in [0.29, 0.717) is 52.4 Å². The van der Waals surface area contributed by atoms with Crippen LogP contribution in [0.2, 0.25) is 0 Å². The van der Waals surface area contributed by atoms with Gasteiger partial charge in [-0.1, -0.05) is 0 Å². The highest BCUT2D eigenvalue weighted by atomic mass is 19.1. The minimum atomic E-state index is -0.803. The first-order chi connectivity index (χ1) is 17.2. The molecule has 4 rings (SSSR count). The zero-order valence-corrected chi connectivity index (χ0v) is 20.9. The summed E-state index contributed by atoms with van der Waals surface area (Å²) in [6, 6.07) is 4.11. The van der Waals surface area contributed by atoms with Gasteiger partial charge in [-0.05, 0) is 56.5 Å². The minimum absolute atomic E-state index is 0.0217. The number of fused-ring (bicyclic) bond motifs is 1. The third kappa shape index (κ3) is 5.05. The highest BCUT2D eigenvalue weighted by Gasteiger charge is 2.30. The lowest BCUT2D eigenvalue weighted by atomic mass is 10.0. The fraction of sp³-hybridized carbons (Fsp3) is 0.423. The van der Waals surface area contributed by atoms with Gasteiger partial charge < -0.3 is 30.0 Å². The summed E-state index contributed by atoms with van der Waals surface area (Å²) in [7, 11) is 3.12. The number of nitrogens with one attached hydrogen (secondary N) is 3. The highest BCUT2D eigenvalue weighted by Crippen LogP contribution is 2.34. The maximum Gasteiger partial charge on any atom is 0.256 e. The van der Waals surface area contributed by atoms with Crippen molar-refractivity contribution < 1.29 is 28.2 Å². The number of hydrogen-bond acceptors (Lipinski definition) is 5. The number of halogens is 1. The van der Waals surface area contributed by atoms with Crippen molar-refractivity contribution in [2.24, 2.45) is 0 Å². The minimum Gasteiger partial charge on any atom is -0.381 e. The van der Waals surface area contributed by atoms with Crippen LogP contribution < -0.4 is 10.6 Å². The first-order valence-electron chi connectivity index (χ1n) is 11.9. The van der Waals surface area contributed by atoms with E-state index in [1.54, 1.807) is 31.9 Å². The quantitative estimate of drug-likeness (QED) is 0.508. The topological polar surface area (TPSA) is 113 Å². The van der Waals surface area contributed by atoms with Gasteiger partial charge in [0.1, 0.15) is 5.82 Å². The summed E-state index contributed by atoms with van der Waals surface area (Å²) < 4.78 is 24.5. The first kappa shape index (κ1) is 25.6. The molecule has 192 valence electrons. The molecule has 0 radical (unpaired) electrons. The van der Waals surface area contributed by atoms with E-state index in [1.807, 2.05) is 0 Å². The van der Waals surface area contributed by atoms with Gasteiger partial charge in [-0.15, -0.1) is 0 Å². The standard InChI is InChI=1S/C26H31FN4O5/c1-14-21(12-19-18-11-16(27)5-6-20(18)30-24(19)32)29-15(2)23(14)25(33)28-13-22(36-4)26(34)31-9-7-17(35-3)8-10-31/h5-6,11-12,17,22,29H,7-10,13H2,1-4H3,(H,28,33)(H,30,32)/b19-12-. The number of likely N-dealkylation sites (tertiary alicyclic amines) is 1. The van der Waals surface area contributed by atoms with Crippen molar-refractivity contribution in [3.8, 4) is 0 Å². The lowest BCUT2D eigenvalue weighted by Gasteiger charge is -2.33. The van der Waals surface area contributed by atoms with E-state index in [4.69, 9.17) is 9.47 Å². The number of carbonyl (C=O) groups is 3. The van der Waals surface area contributed by atoms with Gasteiger partial charge in [0.2, 0.25) is 0 Å². The van der Waals surface area contributed by atoms with E-state index >= 15 is 0 Å². The van der Waals surface area contributed by atoms with Crippen molar-refractivity contribution in [1.29, 1.82) is 0 Å². The van der Waals surface area contributed by atoms with Crippen LogP contribution in [0.1, 0.15) is 45.7 Å². The second kappa shape index (κ2) is 10.6. The number of amides is 3. The van der Waals surface area contributed by atoms with Crippen LogP contribution >= 0.6 is 0 Å². The number of hydrogen-bond donors (Lipinski definition) is 3. The Morgan fingerprint density at radius 3 is 2.64 bits per heavy atom. The van der Waals surface area contributed by atoms with Crippen molar-refractivity contribution in [3.05, 3.63) is 52.1 Å². The molecule has 3 amide bonds. The van der Waals surface area contributed by atoms with Crippen LogP contribution in [0.5, 0.6) is 0 Å². The number of aromatic nitrogens is 1. The van der Waals surface area contributed by atoms with Crippen LogP contribution in [0, 0.1) is 19.7 Å². The average Bonchev–Trinajstić information content (AvgIpc) is 3.33. The van der Waals surface area contributed by atoms with Gasteiger partial charge in [-0.3, -0.25) is 14.4 Å². The zero-order chi connectivity index (χ0) is 26.0. The number of carbonyl (C=O) groups excluding carboxylic acids is 3. The largest absolute Gasteiger partial charge is 0.381 e. The molecule has 10 heteroatoms. The van der Waals surface area contributed by atoms with Gasteiger partial charge in [0.25, 0.3) is 17.7 Å². The molecule has 2 aliphatic rings. The fourth-order valence-electron chi connectivity index (χ4n) is 4.77. The fourth-order valence-corrected chi connectivity index (χ4v) is 4.77. The third-order valence-electron chi connectivity index (χ3n) is 6.85. The number of ether oxygens (including phenoxy) is 2. The van der Waals surface area contributed by atoms with E-state index in [2.05, 4.69) is 15.6 Å². The summed E-state index contributed by atoms with van der Waals surface area (Å²) in [4.78, 5) is 43.3. The van der Waals surface area contributed by atoms with E-state index < -0.39 is 11.9 Å². The van der Waals surface area contributed by atoms with Gasteiger partial charge in [-0.2, -0.15) is 0 Å². The molecule has 1 saturated heterocycles. The van der Waals surface area contributed by atoms with Crippen molar-refractivity contribution in [2.45, 2.75) is 38.9 Å². The molecule has 2 aliphatic heterocycles. The number of benzene rings is 1. The molecule has 3 N–H and O–H groups in total. The lowest BCUT2D eigenvalue weighted by molar-refractivity contribution is -0.143. The van der Waals surface area contributed by atoms with Gasteiger partial charge in [0.15, 0.2) is 6.10 Å². The van der Waals surface area contributed by atoms with Gasteiger partial charge in [0, 0.05) is 49.9 Å². The van der Waals surface area contributed by atoms with E-state index in [-0.39, 0.29) is 30.4 Å². The Kier molecular flexibility index (Phi) is 7.56. The number of nitrogens with zero attached hydrogens (tertiary/aromatic N) is 1. The van der Waals surface area contributed by atoms with Crippen LogP contribution in [0.4, 0.5) is 10.1 Å². The molecule has 1 unspecified atom stereocenters. The monoisotopic (exact) mass is 498 g/mol. The van der Waals surface area contributed by atoms with E-state index in [0.717, 1.165) is 12.8 Å².